The highest BCUT2D eigenvalue weighted by atomic mass is 79.9. The number of carboxylic acid groups (broad SMARTS) is 1. The lowest BCUT2D eigenvalue weighted by Crippen LogP contribution is -2.32. The van der Waals surface area contributed by atoms with Gasteiger partial charge in [-0.3, -0.25) is 14.5 Å². The molecular formula is C15H19BrN2O3. The van der Waals surface area contributed by atoms with E-state index in [9.17, 15) is 9.59 Å². The molecule has 21 heavy (non-hydrogen) atoms. The molecule has 1 heterocycles. The summed E-state index contributed by atoms with van der Waals surface area (Å²) in [6.45, 7) is 5.17. The Labute approximate surface area is 132 Å². The van der Waals surface area contributed by atoms with Gasteiger partial charge in [0.05, 0.1) is 18.2 Å². The summed E-state index contributed by atoms with van der Waals surface area (Å²) in [6, 6.07) is 5.72. The Morgan fingerprint density at radius 3 is 2.71 bits per heavy atom. The van der Waals surface area contributed by atoms with E-state index in [0.717, 1.165) is 15.7 Å². The number of nitrogens with zero attached hydrogens (tertiary/aromatic N) is 1. The molecule has 2 atom stereocenters. The quantitative estimate of drug-likeness (QED) is 0.870. The first-order valence-corrected chi connectivity index (χ1v) is 7.67. The van der Waals surface area contributed by atoms with Gasteiger partial charge in [-0.2, -0.15) is 0 Å². The van der Waals surface area contributed by atoms with Crippen LogP contribution in [-0.4, -0.2) is 41.5 Å². The van der Waals surface area contributed by atoms with Gasteiger partial charge in [-0.1, -0.05) is 13.0 Å². The smallest absolute Gasteiger partial charge is 0.308 e. The topological polar surface area (TPSA) is 69.6 Å². The third kappa shape index (κ3) is 4.04. The number of carbonyl (C=O) groups excluding carboxylic acids is 1. The van der Waals surface area contributed by atoms with Crippen molar-refractivity contribution in [2.24, 2.45) is 11.8 Å². The summed E-state index contributed by atoms with van der Waals surface area (Å²) in [5, 5.41) is 11.9. The number of hydrogen-bond donors (Lipinski definition) is 2. The van der Waals surface area contributed by atoms with Gasteiger partial charge in [0.15, 0.2) is 0 Å². The maximum absolute atomic E-state index is 12.1. The molecule has 114 valence electrons. The lowest BCUT2D eigenvalue weighted by Gasteiger charge is -2.15. The van der Waals surface area contributed by atoms with Crippen LogP contribution < -0.4 is 5.32 Å². The van der Waals surface area contributed by atoms with Gasteiger partial charge in [0, 0.05) is 17.6 Å². The molecule has 6 heteroatoms. The molecule has 1 amide bonds. The van der Waals surface area contributed by atoms with E-state index in [-0.39, 0.29) is 24.3 Å². The predicted molar refractivity (Wildman–Crippen MR) is 84.2 cm³/mol. The molecule has 1 aliphatic heterocycles. The fourth-order valence-electron chi connectivity index (χ4n) is 2.63. The molecule has 0 saturated carbocycles. The number of hydrogen-bond acceptors (Lipinski definition) is 3. The van der Waals surface area contributed by atoms with Crippen LogP contribution in [0.25, 0.3) is 0 Å². The number of anilines is 1. The molecule has 5 nitrogen and oxygen atoms in total. The number of amides is 1. The van der Waals surface area contributed by atoms with Gasteiger partial charge in [0.2, 0.25) is 5.91 Å². The average Bonchev–Trinajstić information content (AvgIpc) is 2.74. The largest absolute Gasteiger partial charge is 0.481 e. The van der Waals surface area contributed by atoms with Crippen LogP contribution in [0, 0.1) is 18.8 Å². The van der Waals surface area contributed by atoms with Crippen LogP contribution in [0.3, 0.4) is 0 Å². The number of carboxylic acids is 1. The number of carbonyl (C=O) groups is 2. The summed E-state index contributed by atoms with van der Waals surface area (Å²) < 4.78 is 0.842. The van der Waals surface area contributed by atoms with E-state index in [1.165, 1.54) is 0 Å². The van der Waals surface area contributed by atoms with E-state index >= 15 is 0 Å². The summed E-state index contributed by atoms with van der Waals surface area (Å²) in [5.41, 5.74) is 1.84. The van der Waals surface area contributed by atoms with E-state index in [1.54, 1.807) is 0 Å². The molecular weight excluding hydrogens is 336 g/mol. The van der Waals surface area contributed by atoms with E-state index in [0.29, 0.717) is 13.1 Å². The highest BCUT2D eigenvalue weighted by Crippen LogP contribution is 2.25. The summed E-state index contributed by atoms with van der Waals surface area (Å²) in [7, 11) is 0. The van der Waals surface area contributed by atoms with Crippen LogP contribution in [0.4, 0.5) is 5.69 Å². The zero-order chi connectivity index (χ0) is 15.6. The molecule has 2 rings (SSSR count). The molecule has 2 unspecified atom stereocenters. The van der Waals surface area contributed by atoms with Crippen molar-refractivity contribution in [1.82, 2.24) is 4.90 Å². The number of aliphatic carboxylic acids is 1. The van der Waals surface area contributed by atoms with Crippen molar-refractivity contribution in [3.05, 3.63) is 28.2 Å². The van der Waals surface area contributed by atoms with Gasteiger partial charge in [-0.25, -0.2) is 0 Å². The Balaban J connectivity index is 1.92. The second kappa shape index (κ2) is 6.58. The Hall–Kier alpha value is -1.40. The zero-order valence-electron chi connectivity index (χ0n) is 12.1. The average molecular weight is 355 g/mol. The maximum Gasteiger partial charge on any atom is 0.308 e. The molecule has 0 radical (unpaired) electrons. The predicted octanol–water partition coefficient (Wildman–Crippen LogP) is 2.35. The van der Waals surface area contributed by atoms with Crippen LogP contribution in [-0.2, 0) is 9.59 Å². The van der Waals surface area contributed by atoms with Crippen LogP contribution >= 0.6 is 15.9 Å². The van der Waals surface area contributed by atoms with Crippen LogP contribution in [0.15, 0.2) is 22.7 Å². The van der Waals surface area contributed by atoms with E-state index in [1.807, 2.05) is 36.9 Å². The Bertz CT molecular complexity index is 562. The normalized spacial score (nSPS) is 22.2. The fourth-order valence-corrected chi connectivity index (χ4v) is 3.22. The van der Waals surface area contributed by atoms with E-state index in [4.69, 9.17) is 5.11 Å². The highest BCUT2D eigenvalue weighted by Gasteiger charge is 2.35. The summed E-state index contributed by atoms with van der Waals surface area (Å²) >= 11 is 3.42. The van der Waals surface area contributed by atoms with Crippen molar-refractivity contribution in [2.75, 3.05) is 25.0 Å². The molecule has 2 N–H and O–H groups in total. The summed E-state index contributed by atoms with van der Waals surface area (Å²) in [4.78, 5) is 25.0. The number of nitrogens with one attached hydrogen (secondary N) is 1. The maximum atomic E-state index is 12.1. The van der Waals surface area contributed by atoms with Crippen molar-refractivity contribution in [1.29, 1.82) is 0 Å². The van der Waals surface area contributed by atoms with Gasteiger partial charge in [0.1, 0.15) is 0 Å². The number of likely N-dealkylation sites (tertiary alicyclic amines) is 1. The number of rotatable bonds is 4. The van der Waals surface area contributed by atoms with Crippen LogP contribution in [0.1, 0.15) is 12.5 Å². The summed E-state index contributed by atoms with van der Waals surface area (Å²) in [5.74, 6) is -1.23. The molecule has 1 aliphatic rings. The van der Waals surface area contributed by atoms with Crippen molar-refractivity contribution < 1.29 is 14.7 Å². The number of aryl methyl sites for hydroxylation is 1. The molecule has 0 aromatic heterocycles. The molecule has 1 saturated heterocycles. The van der Waals surface area contributed by atoms with Crippen molar-refractivity contribution in [3.8, 4) is 0 Å². The SMILES string of the molecule is Cc1ccc(NC(=O)CN2CC(C)C(C(=O)O)C2)c(Br)c1. The first-order chi connectivity index (χ1) is 9.86. The third-order valence-corrected chi connectivity index (χ3v) is 4.43. The standard InChI is InChI=1S/C15H19BrN2O3/c1-9-3-4-13(12(16)5-9)17-14(19)8-18-6-10(2)11(7-18)15(20)21/h3-5,10-11H,6-8H2,1-2H3,(H,17,19)(H,20,21). The minimum absolute atomic E-state index is 0.0708. The summed E-state index contributed by atoms with van der Waals surface area (Å²) in [6.07, 6.45) is 0. The monoisotopic (exact) mass is 354 g/mol. The minimum Gasteiger partial charge on any atom is -0.481 e. The van der Waals surface area contributed by atoms with Crippen LogP contribution in [0.5, 0.6) is 0 Å². The third-order valence-electron chi connectivity index (χ3n) is 3.77. The van der Waals surface area contributed by atoms with Crippen molar-refractivity contribution in [3.63, 3.8) is 0 Å². The Morgan fingerprint density at radius 2 is 2.14 bits per heavy atom. The number of halogens is 1. The van der Waals surface area contributed by atoms with Gasteiger partial charge in [-0.15, -0.1) is 0 Å². The van der Waals surface area contributed by atoms with Gasteiger partial charge in [0.25, 0.3) is 0 Å². The molecule has 1 aromatic carbocycles. The van der Waals surface area contributed by atoms with E-state index < -0.39 is 5.97 Å². The molecule has 0 spiro atoms. The van der Waals surface area contributed by atoms with Gasteiger partial charge < -0.3 is 10.4 Å². The first-order valence-electron chi connectivity index (χ1n) is 6.88. The Morgan fingerprint density at radius 1 is 1.43 bits per heavy atom. The second-order valence-electron chi connectivity index (χ2n) is 5.65. The van der Waals surface area contributed by atoms with E-state index in [2.05, 4.69) is 21.2 Å². The van der Waals surface area contributed by atoms with Gasteiger partial charge >= 0.3 is 5.97 Å². The minimum atomic E-state index is -0.785. The molecule has 0 aliphatic carbocycles. The fraction of sp³-hybridized carbons (Fsp3) is 0.467. The Kier molecular flexibility index (Phi) is 5.00. The van der Waals surface area contributed by atoms with Gasteiger partial charge in [-0.05, 0) is 46.5 Å². The molecule has 0 bridgehead atoms. The van der Waals surface area contributed by atoms with Crippen molar-refractivity contribution in [2.45, 2.75) is 13.8 Å². The number of benzene rings is 1. The molecule has 1 aromatic rings. The zero-order valence-corrected chi connectivity index (χ0v) is 13.7. The van der Waals surface area contributed by atoms with Crippen molar-refractivity contribution >= 4 is 33.5 Å². The van der Waals surface area contributed by atoms with Crippen LogP contribution in [0.2, 0.25) is 0 Å². The lowest BCUT2D eigenvalue weighted by molar-refractivity contribution is -0.142. The second-order valence-corrected chi connectivity index (χ2v) is 6.50. The molecule has 1 fully saturated rings. The highest BCUT2D eigenvalue weighted by molar-refractivity contribution is 9.10. The first kappa shape index (κ1) is 16.0. The lowest BCUT2D eigenvalue weighted by atomic mass is 9.99.